The Morgan fingerprint density at radius 1 is 1.69 bits per heavy atom. The molecule has 0 saturated carbocycles. The molecule has 0 fully saturated rings. The van der Waals surface area contributed by atoms with Crippen LogP contribution >= 0.6 is 0 Å². The maximum Gasteiger partial charge on any atom is 0.241 e. The molecule has 4 nitrogen and oxygen atoms in total. The molecule has 0 aliphatic carbocycles. The minimum atomic E-state index is -0.467. The minimum Gasteiger partial charge on any atom is -0.373 e. The molecule has 0 atom stereocenters. The van der Waals surface area contributed by atoms with Gasteiger partial charge in [-0.25, -0.2) is 4.98 Å². The van der Waals surface area contributed by atoms with Crippen LogP contribution in [0.2, 0.25) is 0 Å². The number of hydrogen-bond acceptors (Lipinski definition) is 3. The van der Waals surface area contributed by atoms with Gasteiger partial charge in [0.05, 0.1) is 0 Å². The summed E-state index contributed by atoms with van der Waals surface area (Å²) in [6.07, 6.45) is 4.60. The zero-order valence-corrected chi connectivity index (χ0v) is 7.32. The molecule has 1 amide bonds. The standard InChI is InChI=1S/C9H11N3O/c1-11-9-7(3-2-6-12-9)4-5-8(10)13/h2-6H,1H3,(H2,10,13)(H,11,12)/b5-4+. The predicted octanol–water partition coefficient (Wildman–Crippen LogP) is 0.622. The number of hydrogen-bond donors (Lipinski definition) is 2. The quantitative estimate of drug-likeness (QED) is 0.665. The highest BCUT2D eigenvalue weighted by molar-refractivity contribution is 5.91. The Morgan fingerprint density at radius 3 is 3.08 bits per heavy atom. The van der Waals surface area contributed by atoms with Gasteiger partial charge in [0, 0.05) is 24.9 Å². The predicted molar refractivity (Wildman–Crippen MR) is 52.0 cm³/mol. The Hall–Kier alpha value is -1.84. The molecular formula is C9H11N3O. The Bertz CT molecular complexity index is 333. The van der Waals surface area contributed by atoms with Gasteiger partial charge in [-0.2, -0.15) is 0 Å². The fraction of sp³-hybridized carbons (Fsp3) is 0.111. The molecule has 0 radical (unpaired) electrons. The number of carbonyl (C=O) groups is 1. The van der Waals surface area contributed by atoms with Crippen molar-refractivity contribution in [2.75, 3.05) is 12.4 Å². The van der Waals surface area contributed by atoms with Crippen LogP contribution in [0.4, 0.5) is 5.82 Å². The van der Waals surface area contributed by atoms with E-state index < -0.39 is 5.91 Å². The molecule has 0 aliphatic heterocycles. The summed E-state index contributed by atoms with van der Waals surface area (Å²) >= 11 is 0. The van der Waals surface area contributed by atoms with E-state index in [2.05, 4.69) is 10.3 Å². The van der Waals surface area contributed by atoms with Gasteiger partial charge in [0.2, 0.25) is 5.91 Å². The second-order valence-corrected chi connectivity index (χ2v) is 2.43. The van der Waals surface area contributed by atoms with Gasteiger partial charge < -0.3 is 11.1 Å². The molecule has 1 rings (SSSR count). The fourth-order valence-corrected chi connectivity index (χ4v) is 0.933. The highest BCUT2D eigenvalue weighted by atomic mass is 16.1. The third-order valence-electron chi connectivity index (χ3n) is 1.50. The summed E-state index contributed by atoms with van der Waals surface area (Å²) < 4.78 is 0. The number of anilines is 1. The average molecular weight is 177 g/mol. The molecule has 0 spiro atoms. The molecule has 68 valence electrons. The van der Waals surface area contributed by atoms with Crippen LogP contribution in [-0.4, -0.2) is 17.9 Å². The Labute approximate surface area is 76.5 Å². The second-order valence-electron chi connectivity index (χ2n) is 2.43. The first-order valence-corrected chi connectivity index (χ1v) is 3.84. The van der Waals surface area contributed by atoms with E-state index in [1.165, 1.54) is 6.08 Å². The lowest BCUT2D eigenvalue weighted by atomic mass is 10.2. The van der Waals surface area contributed by atoms with Crippen LogP contribution in [0.15, 0.2) is 24.4 Å². The molecule has 1 aromatic rings. The normalized spacial score (nSPS) is 10.2. The van der Waals surface area contributed by atoms with E-state index in [9.17, 15) is 4.79 Å². The molecule has 0 aromatic carbocycles. The molecule has 13 heavy (non-hydrogen) atoms. The molecule has 0 bridgehead atoms. The van der Waals surface area contributed by atoms with Crippen molar-refractivity contribution in [2.45, 2.75) is 0 Å². The third-order valence-corrected chi connectivity index (χ3v) is 1.50. The first-order chi connectivity index (χ1) is 6.24. The van der Waals surface area contributed by atoms with E-state index in [0.29, 0.717) is 0 Å². The topological polar surface area (TPSA) is 68.0 Å². The van der Waals surface area contributed by atoms with Crippen molar-refractivity contribution in [3.8, 4) is 0 Å². The highest BCUT2D eigenvalue weighted by Crippen LogP contribution is 2.11. The van der Waals surface area contributed by atoms with Crippen LogP contribution < -0.4 is 11.1 Å². The first-order valence-electron chi connectivity index (χ1n) is 3.84. The van der Waals surface area contributed by atoms with E-state index >= 15 is 0 Å². The summed E-state index contributed by atoms with van der Waals surface area (Å²) in [5, 5.41) is 2.90. The van der Waals surface area contributed by atoms with Gasteiger partial charge >= 0.3 is 0 Å². The Morgan fingerprint density at radius 2 is 2.46 bits per heavy atom. The Balaban J connectivity index is 2.93. The summed E-state index contributed by atoms with van der Waals surface area (Å²) in [7, 11) is 1.77. The van der Waals surface area contributed by atoms with Crippen LogP contribution in [0, 0.1) is 0 Å². The zero-order chi connectivity index (χ0) is 9.68. The molecule has 0 unspecified atom stereocenters. The number of rotatable bonds is 3. The van der Waals surface area contributed by atoms with Gasteiger partial charge in [0.25, 0.3) is 0 Å². The molecule has 0 aliphatic rings. The summed E-state index contributed by atoms with van der Waals surface area (Å²) in [6, 6.07) is 3.64. The van der Waals surface area contributed by atoms with E-state index in [-0.39, 0.29) is 0 Å². The van der Waals surface area contributed by atoms with E-state index in [4.69, 9.17) is 5.73 Å². The van der Waals surface area contributed by atoms with Crippen molar-refractivity contribution in [1.29, 1.82) is 0 Å². The van der Waals surface area contributed by atoms with Crippen LogP contribution in [0.5, 0.6) is 0 Å². The van der Waals surface area contributed by atoms with Crippen molar-refractivity contribution >= 4 is 17.8 Å². The number of nitrogens with two attached hydrogens (primary N) is 1. The smallest absolute Gasteiger partial charge is 0.241 e. The molecule has 1 aromatic heterocycles. The fourth-order valence-electron chi connectivity index (χ4n) is 0.933. The number of primary amides is 1. The minimum absolute atomic E-state index is 0.467. The summed E-state index contributed by atoms with van der Waals surface area (Å²) in [4.78, 5) is 14.5. The summed E-state index contributed by atoms with van der Waals surface area (Å²) in [6.45, 7) is 0. The van der Waals surface area contributed by atoms with Crippen LogP contribution in [-0.2, 0) is 4.79 Å². The molecule has 0 saturated heterocycles. The first kappa shape index (κ1) is 9.25. The molecule has 3 N–H and O–H groups in total. The monoisotopic (exact) mass is 177 g/mol. The van der Waals surface area contributed by atoms with Gasteiger partial charge in [-0.3, -0.25) is 4.79 Å². The van der Waals surface area contributed by atoms with Crippen LogP contribution in [0.1, 0.15) is 5.56 Å². The Kier molecular flexibility index (Phi) is 3.03. The van der Waals surface area contributed by atoms with Gasteiger partial charge in [-0.15, -0.1) is 0 Å². The van der Waals surface area contributed by atoms with Crippen molar-refractivity contribution in [3.05, 3.63) is 30.0 Å². The van der Waals surface area contributed by atoms with Crippen LogP contribution in [0.25, 0.3) is 6.08 Å². The van der Waals surface area contributed by atoms with Crippen molar-refractivity contribution < 1.29 is 4.79 Å². The van der Waals surface area contributed by atoms with Gasteiger partial charge in [-0.1, -0.05) is 0 Å². The lowest BCUT2D eigenvalue weighted by molar-refractivity contribution is -0.113. The lowest BCUT2D eigenvalue weighted by Crippen LogP contribution is -2.05. The summed E-state index contributed by atoms with van der Waals surface area (Å²) in [5.74, 6) is 0.255. The highest BCUT2D eigenvalue weighted by Gasteiger charge is 1.96. The molecule has 1 heterocycles. The van der Waals surface area contributed by atoms with Crippen molar-refractivity contribution in [3.63, 3.8) is 0 Å². The summed E-state index contributed by atoms with van der Waals surface area (Å²) in [5.41, 5.74) is 5.80. The van der Waals surface area contributed by atoms with Gasteiger partial charge in [0.15, 0.2) is 0 Å². The lowest BCUT2D eigenvalue weighted by Gasteiger charge is -2.01. The van der Waals surface area contributed by atoms with Crippen molar-refractivity contribution in [2.24, 2.45) is 5.73 Å². The number of nitrogens with one attached hydrogen (secondary N) is 1. The number of aromatic nitrogens is 1. The largest absolute Gasteiger partial charge is 0.373 e. The van der Waals surface area contributed by atoms with E-state index in [1.807, 2.05) is 6.07 Å². The number of pyridine rings is 1. The van der Waals surface area contributed by atoms with E-state index in [1.54, 1.807) is 25.4 Å². The van der Waals surface area contributed by atoms with Crippen molar-refractivity contribution in [1.82, 2.24) is 4.98 Å². The van der Waals surface area contributed by atoms with Gasteiger partial charge in [0.1, 0.15) is 5.82 Å². The average Bonchev–Trinajstić information content (AvgIpc) is 2.15. The maximum absolute atomic E-state index is 10.5. The second kappa shape index (κ2) is 4.25. The van der Waals surface area contributed by atoms with E-state index in [0.717, 1.165) is 11.4 Å². The number of carbonyl (C=O) groups excluding carboxylic acids is 1. The SMILES string of the molecule is CNc1ncccc1/C=C/C(N)=O. The van der Waals surface area contributed by atoms with Gasteiger partial charge in [-0.05, 0) is 18.2 Å². The zero-order valence-electron chi connectivity index (χ0n) is 7.32. The molecular weight excluding hydrogens is 166 g/mol. The third kappa shape index (κ3) is 2.59. The number of amides is 1. The maximum atomic E-state index is 10.5. The van der Waals surface area contributed by atoms with Crippen LogP contribution in [0.3, 0.4) is 0 Å². The number of nitrogens with zero attached hydrogens (tertiary/aromatic N) is 1. The molecule has 4 heteroatoms.